The van der Waals surface area contributed by atoms with Gasteiger partial charge in [-0.25, -0.2) is 0 Å². The van der Waals surface area contributed by atoms with Crippen LogP contribution in [0.25, 0.3) is 0 Å². The molecule has 0 bridgehead atoms. The van der Waals surface area contributed by atoms with Gasteiger partial charge in [0.15, 0.2) is 6.10 Å². The van der Waals surface area contributed by atoms with Crippen molar-refractivity contribution >= 4 is 11.6 Å². The number of hydrogen-bond acceptors (Lipinski definition) is 2. The molecule has 3 nitrogen and oxygen atoms in total. The van der Waals surface area contributed by atoms with Crippen molar-refractivity contribution in [2.75, 3.05) is 4.90 Å². The smallest absolute Gasteiger partial charge is 0.268 e. The van der Waals surface area contributed by atoms with Crippen LogP contribution in [-0.4, -0.2) is 18.1 Å². The van der Waals surface area contributed by atoms with Crippen molar-refractivity contribution in [2.24, 2.45) is 0 Å². The van der Waals surface area contributed by atoms with E-state index in [1.165, 1.54) is 5.56 Å². The number of carbonyl (C=O) groups excluding carboxylic acids is 1. The number of amides is 1. The van der Waals surface area contributed by atoms with Crippen LogP contribution in [0.2, 0.25) is 0 Å². The molecule has 0 unspecified atom stereocenters. The van der Waals surface area contributed by atoms with Gasteiger partial charge in [-0.3, -0.25) is 4.79 Å². The van der Waals surface area contributed by atoms with Crippen LogP contribution in [0.15, 0.2) is 48.5 Å². The fourth-order valence-electron chi connectivity index (χ4n) is 3.40. The number of nitrogens with zero attached hydrogens (tertiary/aromatic N) is 1. The second-order valence-electron chi connectivity index (χ2n) is 6.84. The van der Waals surface area contributed by atoms with Crippen LogP contribution in [0, 0.1) is 0 Å². The van der Waals surface area contributed by atoms with E-state index >= 15 is 0 Å². The molecule has 2 aromatic rings. The van der Waals surface area contributed by atoms with Crippen molar-refractivity contribution in [3.05, 3.63) is 59.7 Å². The van der Waals surface area contributed by atoms with E-state index in [0.717, 1.165) is 23.4 Å². The molecule has 1 aliphatic rings. The zero-order chi connectivity index (χ0) is 17.3. The molecule has 1 amide bonds. The lowest BCUT2D eigenvalue weighted by Crippen LogP contribution is -2.43. The van der Waals surface area contributed by atoms with Gasteiger partial charge < -0.3 is 9.64 Å². The van der Waals surface area contributed by atoms with Crippen molar-refractivity contribution < 1.29 is 9.53 Å². The van der Waals surface area contributed by atoms with Crippen LogP contribution in [0.3, 0.4) is 0 Å². The Morgan fingerprint density at radius 1 is 1.08 bits per heavy atom. The second-order valence-corrected chi connectivity index (χ2v) is 6.84. The molecule has 0 fully saturated rings. The first-order chi connectivity index (χ1) is 11.5. The van der Waals surface area contributed by atoms with Gasteiger partial charge in [-0.15, -0.1) is 0 Å². The molecule has 0 N–H and O–H groups in total. The molecule has 3 heteroatoms. The standard InChI is InChI=1S/C21H25NO2/c1-14(2)18-10-6-8-12-20(18)24-16(4)21(23)22-15(3)13-17-9-5-7-11-19(17)22/h5-12,14-16H,13H2,1-4H3/t15-,16+/m1/s1. The van der Waals surface area contributed by atoms with E-state index in [1.807, 2.05) is 48.2 Å². The molecule has 24 heavy (non-hydrogen) atoms. The number of hydrogen-bond donors (Lipinski definition) is 0. The third-order valence-electron chi connectivity index (χ3n) is 4.64. The Balaban J connectivity index is 1.81. The number of rotatable bonds is 4. The molecule has 1 aliphatic heterocycles. The Labute approximate surface area is 144 Å². The highest BCUT2D eigenvalue weighted by molar-refractivity contribution is 5.99. The number of para-hydroxylation sites is 2. The third kappa shape index (κ3) is 3.03. The molecule has 0 aromatic heterocycles. The van der Waals surface area contributed by atoms with Gasteiger partial charge >= 0.3 is 0 Å². The van der Waals surface area contributed by atoms with Crippen molar-refractivity contribution in [3.8, 4) is 5.75 Å². The van der Waals surface area contributed by atoms with E-state index in [-0.39, 0.29) is 11.9 Å². The van der Waals surface area contributed by atoms with Gasteiger partial charge in [-0.1, -0.05) is 50.2 Å². The number of carbonyl (C=O) groups is 1. The highest BCUT2D eigenvalue weighted by Crippen LogP contribution is 2.33. The summed E-state index contributed by atoms with van der Waals surface area (Å²) >= 11 is 0. The van der Waals surface area contributed by atoms with Gasteiger partial charge in [0, 0.05) is 11.7 Å². The van der Waals surface area contributed by atoms with Crippen LogP contribution >= 0.6 is 0 Å². The first-order valence-corrected chi connectivity index (χ1v) is 8.65. The summed E-state index contributed by atoms with van der Waals surface area (Å²) in [5.74, 6) is 1.18. The molecule has 126 valence electrons. The fraction of sp³-hybridized carbons (Fsp3) is 0.381. The normalized spacial score (nSPS) is 17.7. The van der Waals surface area contributed by atoms with Gasteiger partial charge in [0.1, 0.15) is 5.75 Å². The molecule has 0 radical (unpaired) electrons. The third-order valence-corrected chi connectivity index (χ3v) is 4.64. The maximum absolute atomic E-state index is 13.0. The van der Waals surface area contributed by atoms with E-state index in [2.05, 4.69) is 32.9 Å². The molecule has 0 spiro atoms. The predicted octanol–water partition coefficient (Wildman–Crippen LogP) is 4.56. The minimum atomic E-state index is -0.515. The molecule has 2 atom stereocenters. The summed E-state index contributed by atoms with van der Waals surface area (Å²) in [4.78, 5) is 14.9. The summed E-state index contributed by atoms with van der Waals surface area (Å²) in [6, 6.07) is 16.3. The highest BCUT2D eigenvalue weighted by atomic mass is 16.5. The topological polar surface area (TPSA) is 29.5 Å². The summed E-state index contributed by atoms with van der Waals surface area (Å²) in [7, 11) is 0. The van der Waals surface area contributed by atoms with Crippen molar-refractivity contribution in [1.82, 2.24) is 0 Å². The van der Waals surface area contributed by atoms with Gasteiger partial charge in [0.25, 0.3) is 5.91 Å². The van der Waals surface area contributed by atoms with Crippen LogP contribution in [0.5, 0.6) is 5.75 Å². The fourth-order valence-corrected chi connectivity index (χ4v) is 3.40. The Kier molecular flexibility index (Phi) is 4.61. The Morgan fingerprint density at radius 2 is 1.75 bits per heavy atom. The first kappa shape index (κ1) is 16.6. The maximum atomic E-state index is 13.0. The summed E-state index contributed by atoms with van der Waals surface area (Å²) in [5.41, 5.74) is 3.38. The van der Waals surface area contributed by atoms with E-state index in [9.17, 15) is 4.79 Å². The van der Waals surface area contributed by atoms with E-state index < -0.39 is 6.10 Å². The largest absolute Gasteiger partial charge is 0.481 e. The molecular formula is C21H25NO2. The Morgan fingerprint density at radius 3 is 2.50 bits per heavy atom. The quantitative estimate of drug-likeness (QED) is 0.826. The van der Waals surface area contributed by atoms with Crippen LogP contribution in [-0.2, 0) is 11.2 Å². The number of ether oxygens (including phenoxy) is 1. The molecule has 0 saturated carbocycles. The summed E-state index contributed by atoms with van der Waals surface area (Å²) < 4.78 is 6.05. The lowest BCUT2D eigenvalue weighted by Gasteiger charge is -2.27. The highest BCUT2D eigenvalue weighted by Gasteiger charge is 2.34. The van der Waals surface area contributed by atoms with Crippen LogP contribution < -0.4 is 9.64 Å². The number of fused-ring (bicyclic) bond motifs is 1. The Hall–Kier alpha value is -2.29. The van der Waals surface area contributed by atoms with E-state index in [1.54, 1.807) is 0 Å². The van der Waals surface area contributed by atoms with Gasteiger partial charge in [-0.05, 0) is 49.4 Å². The summed E-state index contributed by atoms with van der Waals surface area (Å²) in [6.07, 6.45) is 0.385. The molecule has 0 aliphatic carbocycles. The molecule has 0 saturated heterocycles. The van der Waals surface area contributed by atoms with Crippen molar-refractivity contribution in [2.45, 2.75) is 52.2 Å². The van der Waals surface area contributed by atoms with Gasteiger partial charge in [0.05, 0.1) is 0 Å². The monoisotopic (exact) mass is 323 g/mol. The van der Waals surface area contributed by atoms with Gasteiger partial charge in [0.2, 0.25) is 0 Å². The molecule has 2 aromatic carbocycles. The minimum absolute atomic E-state index is 0.0195. The summed E-state index contributed by atoms with van der Waals surface area (Å²) in [6.45, 7) is 8.20. The maximum Gasteiger partial charge on any atom is 0.268 e. The predicted molar refractivity (Wildman–Crippen MR) is 97.7 cm³/mol. The second kappa shape index (κ2) is 6.68. The number of benzene rings is 2. The Bertz CT molecular complexity index is 738. The zero-order valence-corrected chi connectivity index (χ0v) is 14.8. The molecule has 3 rings (SSSR count). The van der Waals surface area contributed by atoms with Crippen molar-refractivity contribution in [1.29, 1.82) is 0 Å². The molecule has 1 heterocycles. The number of anilines is 1. The van der Waals surface area contributed by atoms with E-state index in [4.69, 9.17) is 4.74 Å². The SMILES string of the molecule is CC(C)c1ccccc1O[C@@H](C)C(=O)N1c2ccccc2C[C@H]1C. The van der Waals surface area contributed by atoms with Crippen LogP contribution in [0.4, 0.5) is 5.69 Å². The van der Waals surface area contributed by atoms with Gasteiger partial charge in [-0.2, -0.15) is 0 Å². The molecular weight excluding hydrogens is 298 g/mol. The van der Waals surface area contributed by atoms with Crippen LogP contribution in [0.1, 0.15) is 44.7 Å². The van der Waals surface area contributed by atoms with Crippen molar-refractivity contribution in [3.63, 3.8) is 0 Å². The average Bonchev–Trinajstić information content (AvgIpc) is 2.90. The first-order valence-electron chi connectivity index (χ1n) is 8.65. The minimum Gasteiger partial charge on any atom is -0.481 e. The summed E-state index contributed by atoms with van der Waals surface area (Å²) in [5, 5.41) is 0. The lowest BCUT2D eigenvalue weighted by molar-refractivity contribution is -0.124. The lowest BCUT2D eigenvalue weighted by atomic mass is 10.0. The average molecular weight is 323 g/mol. The van der Waals surface area contributed by atoms with E-state index in [0.29, 0.717) is 5.92 Å². The zero-order valence-electron chi connectivity index (χ0n) is 14.8.